The molecule has 0 saturated heterocycles. The number of benzene rings is 1. The SMILES string of the molecule is C#Cc1cccc(S(=O)(=O)NC(C)=O)c1-n1cccc1. The number of nitrogens with zero attached hydrogens (tertiary/aromatic N) is 1. The molecule has 0 unspecified atom stereocenters. The van der Waals surface area contributed by atoms with Gasteiger partial charge in [-0.2, -0.15) is 0 Å². The minimum Gasteiger partial charge on any atom is -0.322 e. The molecule has 6 heteroatoms. The maximum Gasteiger partial charge on any atom is 0.266 e. The van der Waals surface area contributed by atoms with Gasteiger partial charge >= 0.3 is 0 Å². The fourth-order valence-corrected chi connectivity index (χ4v) is 3.07. The summed E-state index contributed by atoms with van der Waals surface area (Å²) < 4.78 is 28.0. The molecule has 1 aromatic carbocycles. The number of carbonyl (C=O) groups excluding carboxylic acids is 1. The van der Waals surface area contributed by atoms with E-state index in [2.05, 4.69) is 5.92 Å². The Hall–Kier alpha value is -2.52. The number of hydrogen-bond acceptors (Lipinski definition) is 3. The molecule has 0 bridgehead atoms. The van der Waals surface area contributed by atoms with Crippen LogP contribution in [0.4, 0.5) is 0 Å². The number of amides is 1. The summed E-state index contributed by atoms with van der Waals surface area (Å²) in [5.74, 6) is 1.79. The Kier molecular flexibility index (Phi) is 3.63. The molecule has 5 nitrogen and oxygen atoms in total. The first-order chi connectivity index (χ1) is 9.45. The highest BCUT2D eigenvalue weighted by Gasteiger charge is 2.22. The molecule has 0 aliphatic carbocycles. The number of aromatic nitrogens is 1. The molecular formula is C14H12N2O3S. The maximum atomic E-state index is 12.2. The summed E-state index contributed by atoms with van der Waals surface area (Å²) in [4.78, 5) is 11.0. The lowest BCUT2D eigenvalue weighted by molar-refractivity contribution is -0.117. The van der Waals surface area contributed by atoms with Gasteiger partial charge in [0.2, 0.25) is 5.91 Å². The number of hydrogen-bond donors (Lipinski definition) is 1. The number of rotatable bonds is 3. The lowest BCUT2D eigenvalue weighted by atomic mass is 10.2. The summed E-state index contributed by atoms with van der Waals surface area (Å²) >= 11 is 0. The van der Waals surface area contributed by atoms with Crippen LogP contribution in [0.25, 0.3) is 5.69 Å². The van der Waals surface area contributed by atoms with Gasteiger partial charge < -0.3 is 4.57 Å². The predicted molar refractivity (Wildman–Crippen MR) is 74.7 cm³/mol. The van der Waals surface area contributed by atoms with Gasteiger partial charge in [0.1, 0.15) is 4.90 Å². The Labute approximate surface area is 117 Å². The number of carbonyl (C=O) groups is 1. The fraction of sp³-hybridized carbons (Fsp3) is 0.0714. The first-order valence-electron chi connectivity index (χ1n) is 5.72. The molecule has 1 N–H and O–H groups in total. The van der Waals surface area contributed by atoms with Gasteiger partial charge in [0.25, 0.3) is 10.0 Å². The van der Waals surface area contributed by atoms with E-state index in [1.54, 1.807) is 35.2 Å². The van der Waals surface area contributed by atoms with Crippen LogP contribution < -0.4 is 4.72 Å². The normalized spacial score (nSPS) is 10.8. The van der Waals surface area contributed by atoms with Crippen molar-refractivity contribution in [2.45, 2.75) is 11.8 Å². The average molecular weight is 288 g/mol. The second-order valence-corrected chi connectivity index (χ2v) is 5.70. The highest BCUT2D eigenvalue weighted by atomic mass is 32.2. The van der Waals surface area contributed by atoms with E-state index in [-0.39, 0.29) is 4.90 Å². The van der Waals surface area contributed by atoms with Crippen molar-refractivity contribution in [1.82, 2.24) is 9.29 Å². The van der Waals surface area contributed by atoms with Crippen LogP contribution in [-0.4, -0.2) is 18.9 Å². The third-order valence-corrected chi connectivity index (χ3v) is 4.05. The third-order valence-electron chi connectivity index (χ3n) is 2.58. The van der Waals surface area contributed by atoms with Gasteiger partial charge in [-0.3, -0.25) is 4.79 Å². The molecule has 20 heavy (non-hydrogen) atoms. The van der Waals surface area contributed by atoms with Gasteiger partial charge in [0, 0.05) is 24.9 Å². The Morgan fingerprint density at radius 1 is 1.25 bits per heavy atom. The fourth-order valence-electron chi connectivity index (χ4n) is 1.85. The molecule has 102 valence electrons. The molecule has 0 aliphatic rings. The predicted octanol–water partition coefficient (Wildman–Crippen LogP) is 1.28. The van der Waals surface area contributed by atoms with Crippen LogP contribution in [0.2, 0.25) is 0 Å². The summed E-state index contributed by atoms with van der Waals surface area (Å²) in [6.45, 7) is 1.14. The molecule has 0 radical (unpaired) electrons. The van der Waals surface area contributed by atoms with Crippen molar-refractivity contribution in [3.8, 4) is 18.0 Å². The molecule has 0 aliphatic heterocycles. The number of para-hydroxylation sites is 1. The Morgan fingerprint density at radius 3 is 2.45 bits per heavy atom. The quantitative estimate of drug-likeness (QED) is 0.865. The zero-order valence-electron chi connectivity index (χ0n) is 10.7. The molecule has 0 atom stereocenters. The van der Waals surface area contributed by atoms with Gasteiger partial charge in [0.05, 0.1) is 5.69 Å². The lowest BCUT2D eigenvalue weighted by Crippen LogP contribution is -2.29. The van der Waals surface area contributed by atoms with Crippen LogP contribution in [0.15, 0.2) is 47.6 Å². The first-order valence-corrected chi connectivity index (χ1v) is 7.20. The van der Waals surface area contributed by atoms with Crippen LogP contribution >= 0.6 is 0 Å². The highest BCUT2D eigenvalue weighted by Crippen LogP contribution is 2.23. The summed E-state index contributed by atoms with van der Waals surface area (Å²) in [5, 5.41) is 0. The van der Waals surface area contributed by atoms with Crippen molar-refractivity contribution in [3.63, 3.8) is 0 Å². The lowest BCUT2D eigenvalue weighted by Gasteiger charge is -2.13. The topological polar surface area (TPSA) is 68.2 Å². The van der Waals surface area contributed by atoms with Crippen LogP contribution in [0, 0.1) is 12.3 Å². The van der Waals surface area contributed by atoms with E-state index in [1.165, 1.54) is 12.1 Å². The Bertz CT molecular complexity index is 784. The maximum absolute atomic E-state index is 12.2. The van der Waals surface area contributed by atoms with Crippen molar-refractivity contribution in [1.29, 1.82) is 0 Å². The summed E-state index contributed by atoms with van der Waals surface area (Å²) in [5.41, 5.74) is 0.765. The second-order valence-electron chi connectivity index (χ2n) is 4.05. The van der Waals surface area contributed by atoms with Crippen LogP contribution in [0.3, 0.4) is 0 Å². The van der Waals surface area contributed by atoms with Crippen LogP contribution in [-0.2, 0) is 14.8 Å². The molecule has 1 amide bonds. The van der Waals surface area contributed by atoms with Gasteiger partial charge in [-0.25, -0.2) is 13.1 Å². The monoisotopic (exact) mass is 288 g/mol. The minimum absolute atomic E-state index is 0.0423. The van der Waals surface area contributed by atoms with Crippen molar-refractivity contribution in [2.75, 3.05) is 0 Å². The summed E-state index contributed by atoms with van der Waals surface area (Å²) in [7, 11) is -3.96. The van der Waals surface area contributed by atoms with Gasteiger partial charge in [-0.15, -0.1) is 6.42 Å². The molecule has 2 rings (SSSR count). The van der Waals surface area contributed by atoms with Crippen LogP contribution in [0.1, 0.15) is 12.5 Å². The van der Waals surface area contributed by atoms with Crippen molar-refractivity contribution in [2.24, 2.45) is 0 Å². The zero-order valence-corrected chi connectivity index (χ0v) is 11.5. The molecule has 2 aromatic rings. The van der Waals surface area contributed by atoms with E-state index in [0.717, 1.165) is 6.92 Å². The van der Waals surface area contributed by atoms with Gasteiger partial charge in [0.15, 0.2) is 0 Å². The van der Waals surface area contributed by atoms with E-state index in [4.69, 9.17) is 6.42 Å². The number of terminal acetylenes is 1. The van der Waals surface area contributed by atoms with Gasteiger partial charge in [-0.1, -0.05) is 12.0 Å². The van der Waals surface area contributed by atoms with Crippen molar-refractivity contribution >= 4 is 15.9 Å². The van der Waals surface area contributed by atoms with Crippen molar-refractivity contribution < 1.29 is 13.2 Å². The largest absolute Gasteiger partial charge is 0.322 e. The number of nitrogens with one attached hydrogen (secondary N) is 1. The second kappa shape index (κ2) is 5.23. The van der Waals surface area contributed by atoms with E-state index < -0.39 is 15.9 Å². The molecule has 0 spiro atoms. The molecule has 0 fully saturated rings. The van der Waals surface area contributed by atoms with E-state index in [9.17, 15) is 13.2 Å². The Balaban J connectivity index is 2.73. The van der Waals surface area contributed by atoms with Crippen LogP contribution in [0.5, 0.6) is 0 Å². The first kappa shape index (κ1) is 13.9. The minimum atomic E-state index is -3.96. The molecular weight excluding hydrogens is 276 g/mol. The highest BCUT2D eigenvalue weighted by molar-refractivity contribution is 7.90. The number of sulfonamides is 1. The smallest absolute Gasteiger partial charge is 0.266 e. The molecule has 0 saturated carbocycles. The van der Waals surface area contributed by atoms with E-state index >= 15 is 0 Å². The standard InChI is InChI=1S/C14H12N2O3S/c1-3-12-7-6-8-13(20(18,19)15-11(2)17)14(12)16-9-4-5-10-16/h1,4-10H,2H3,(H,15,17). The Morgan fingerprint density at radius 2 is 1.90 bits per heavy atom. The van der Waals surface area contributed by atoms with E-state index in [1.807, 2.05) is 4.72 Å². The van der Waals surface area contributed by atoms with E-state index in [0.29, 0.717) is 11.3 Å². The van der Waals surface area contributed by atoms with Gasteiger partial charge in [-0.05, 0) is 24.3 Å². The van der Waals surface area contributed by atoms with Crippen molar-refractivity contribution in [3.05, 3.63) is 48.3 Å². The molecule has 1 aromatic heterocycles. The average Bonchev–Trinajstić information content (AvgIpc) is 2.89. The summed E-state index contributed by atoms with van der Waals surface area (Å²) in [6.07, 6.45) is 8.79. The third kappa shape index (κ3) is 2.58. The zero-order chi connectivity index (χ0) is 14.8. The summed E-state index contributed by atoms with van der Waals surface area (Å²) in [6, 6.07) is 8.09. The molecule has 1 heterocycles.